The van der Waals surface area contributed by atoms with Gasteiger partial charge in [0.15, 0.2) is 0 Å². The Morgan fingerprint density at radius 3 is 2.39 bits per heavy atom. The molecule has 1 amide bonds. The summed E-state index contributed by atoms with van der Waals surface area (Å²) in [7, 11) is 1.60. The van der Waals surface area contributed by atoms with Gasteiger partial charge in [0.25, 0.3) is 5.91 Å². The molecule has 2 aromatic carbocycles. The summed E-state index contributed by atoms with van der Waals surface area (Å²) in [5, 5.41) is 3.81. The van der Waals surface area contributed by atoms with Crippen LogP contribution in [0.2, 0.25) is 0 Å². The number of amides is 1. The van der Waals surface area contributed by atoms with Crippen molar-refractivity contribution in [2.75, 3.05) is 13.7 Å². The third-order valence-electron chi connectivity index (χ3n) is 4.78. The van der Waals surface area contributed by atoms with E-state index in [0.29, 0.717) is 6.54 Å². The summed E-state index contributed by atoms with van der Waals surface area (Å²) < 4.78 is 43.2. The quantitative estimate of drug-likeness (QED) is 0.651. The minimum Gasteiger partial charge on any atom is -0.497 e. The maximum atomic E-state index is 12.7. The first-order chi connectivity index (χ1) is 13.1. The molecule has 0 bridgehead atoms. The van der Waals surface area contributed by atoms with E-state index >= 15 is 0 Å². The van der Waals surface area contributed by atoms with Crippen molar-refractivity contribution >= 4 is 16.8 Å². The van der Waals surface area contributed by atoms with Gasteiger partial charge < -0.3 is 15.0 Å². The van der Waals surface area contributed by atoms with E-state index in [-0.39, 0.29) is 5.56 Å². The summed E-state index contributed by atoms with van der Waals surface area (Å²) in [6.07, 6.45) is -2.53. The molecule has 148 valence electrons. The maximum absolute atomic E-state index is 12.7. The predicted molar refractivity (Wildman–Crippen MR) is 102 cm³/mol. The molecule has 28 heavy (non-hydrogen) atoms. The number of nitrogens with one attached hydrogen (secondary N) is 2. The van der Waals surface area contributed by atoms with Crippen molar-refractivity contribution in [1.82, 2.24) is 10.3 Å². The summed E-state index contributed by atoms with van der Waals surface area (Å²) >= 11 is 0. The lowest BCUT2D eigenvalue weighted by Gasteiger charge is -2.25. The van der Waals surface area contributed by atoms with E-state index in [2.05, 4.69) is 10.3 Å². The van der Waals surface area contributed by atoms with Gasteiger partial charge in [-0.05, 0) is 48.0 Å². The summed E-state index contributed by atoms with van der Waals surface area (Å²) in [5.41, 5.74) is 0.959. The Kier molecular flexibility index (Phi) is 5.10. The third-order valence-corrected chi connectivity index (χ3v) is 4.78. The molecule has 1 heterocycles. The van der Waals surface area contributed by atoms with Crippen LogP contribution in [0.15, 0.2) is 48.7 Å². The molecule has 3 aromatic rings. The van der Waals surface area contributed by atoms with Gasteiger partial charge >= 0.3 is 6.18 Å². The molecule has 0 unspecified atom stereocenters. The van der Waals surface area contributed by atoms with E-state index in [9.17, 15) is 18.0 Å². The number of carbonyl (C=O) groups excluding carboxylic acids is 1. The standard InChI is InChI=1S/C21H21F3N2O2/c1-20(2,17-11-25-18-9-8-15(28-3)10-16(17)18)12-26-19(27)13-4-6-14(7-5-13)21(22,23)24/h4-11,25H,12H2,1-3H3,(H,26,27). The Bertz CT molecular complexity index is 989. The number of ether oxygens (including phenoxy) is 1. The number of rotatable bonds is 5. The number of halogens is 3. The van der Waals surface area contributed by atoms with Crippen molar-refractivity contribution in [2.24, 2.45) is 0 Å². The molecular formula is C21H21F3N2O2. The van der Waals surface area contributed by atoms with E-state index < -0.39 is 23.1 Å². The molecule has 3 rings (SSSR count). The number of carbonyl (C=O) groups is 1. The molecule has 1 aromatic heterocycles. The number of aromatic nitrogens is 1. The van der Waals surface area contributed by atoms with Gasteiger partial charge in [0, 0.05) is 34.6 Å². The van der Waals surface area contributed by atoms with E-state index in [4.69, 9.17) is 4.74 Å². The van der Waals surface area contributed by atoms with Crippen LogP contribution in [0.1, 0.15) is 35.3 Å². The smallest absolute Gasteiger partial charge is 0.416 e. The third kappa shape index (κ3) is 3.98. The molecule has 7 heteroatoms. The molecular weight excluding hydrogens is 369 g/mol. The summed E-state index contributed by atoms with van der Waals surface area (Å²) in [5.74, 6) is 0.317. The lowest BCUT2D eigenvalue weighted by Crippen LogP contribution is -2.36. The van der Waals surface area contributed by atoms with Gasteiger partial charge in [-0.15, -0.1) is 0 Å². The van der Waals surface area contributed by atoms with Crippen LogP contribution >= 0.6 is 0 Å². The number of aromatic amines is 1. The minimum atomic E-state index is -4.42. The van der Waals surface area contributed by atoms with Gasteiger partial charge in [0.2, 0.25) is 0 Å². The molecule has 0 atom stereocenters. The Morgan fingerprint density at radius 2 is 1.79 bits per heavy atom. The Labute approximate surface area is 160 Å². The first kappa shape index (κ1) is 19.8. The van der Waals surface area contributed by atoms with Crippen LogP contribution in [0.3, 0.4) is 0 Å². The fraction of sp³-hybridized carbons (Fsp3) is 0.286. The average Bonchev–Trinajstić information content (AvgIpc) is 3.09. The van der Waals surface area contributed by atoms with E-state index in [1.54, 1.807) is 7.11 Å². The molecule has 0 saturated heterocycles. The molecule has 0 radical (unpaired) electrons. The van der Waals surface area contributed by atoms with Crippen molar-refractivity contribution < 1.29 is 22.7 Å². The van der Waals surface area contributed by atoms with Crippen LogP contribution < -0.4 is 10.1 Å². The number of methoxy groups -OCH3 is 1. The number of alkyl halides is 3. The number of hydrogen-bond acceptors (Lipinski definition) is 2. The van der Waals surface area contributed by atoms with Crippen LogP contribution in [-0.2, 0) is 11.6 Å². The summed E-state index contributed by atoms with van der Waals surface area (Å²) in [6.45, 7) is 4.29. The monoisotopic (exact) mass is 390 g/mol. The maximum Gasteiger partial charge on any atom is 0.416 e. The first-order valence-electron chi connectivity index (χ1n) is 8.73. The van der Waals surface area contributed by atoms with Crippen LogP contribution in [-0.4, -0.2) is 24.5 Å². The lowest BCUT2D eigenvalue weighted by atomic mass is 9.84. The molecule has 4 nitrogen and oxygen atoms in total. The molecule has 0 fully saturated rings. The molecule has 0 aliphatic carbocycles. The van der Waals surface area contributed by atoms with Crippen LogP contribution in [0.25, 0.3) is 10.9 Å². The molecule has 0 spiro atoms. The second-order valence-electron chi connectivity index (χ2n) is 7.26. The summed E-state index contributed by atoms with van der Waals surface area (Å²) in [4.78, 5) is 15.6. The van der Waals surface area contributed by atoms with Gasteiger partial charge in [-0.3, -0.25) is 4.79 Å². The number of benzene rings is 2. The van der Waals surface area contributed by atoms with Gasteiger partial charge in [-0.1, -0.05) is 13.8 Å². The number of hydrogen-bond donors (Lipinski definition) is 2. The number of H-pyrrole nitrogens is 1. The lowest BCUT2D eigenvalue weighted by molar-refractivity contribution is -0.137. The van der Waals surface area contributed by atoms with Gasteiger partial charge in [0.1, 0.15) is 5.75 Å². The van der Waals surface area contributed by atoms with E-state index in [1.165, 1.54) is 12.1 Å². The summed E-state index contributed by atoms with van der Waals surface area (Å²) in [6, 6.07) is 9.90. The Morgan fingerprint density at radius 1 is 1.11 bits per heavy atom. The highest BCUT2D eigenvalue weighted by Crippen LogP contribution is 2.32. The van der Waals surface area contributed by atoms with Crippen LogP contribution in [0.5, 0.6) is 5.75 Å². The van der Waals surface area contributed by atoms with Crippen LogP contribution in [0.4, 0.5) is 13.2 Å². The largest absolute Gasteiger partial charge is 0.497 e. The van der Waals surface area contributed by atoms with Gasteiger partial charge in [-0.2, -0.15) is 13.2 Å². The van der Waals surface area contributed by atoms with Crippen molar-refractivity contribution in [3.63, 3.8) is 0 Å². The minimum absolute atomic E-state index is 0.185. The van der Waals surface area contributed by atoms with Crippen LogP contribution in [0, 0.1) is 0 Å². The molecule has 2 N–H and O–H groups in total. The van der Waals surface area contributed by atoms with Gasteiger partial charge in [0.05, 0.1) is 12.7 Å². The SMILES string of the molecule is COc1ccc2[nH]cc(C(C)(C)CNC(=O)c3ccc(C(F)(F)F)cc3)c2c1. The highest BCUT2D eigenvalue weighted by Gasteiger charge is 2.30. The fourth-order valence-electron chi connectivity index (χ4n) is 3.10. The Balaban J connectivity index is 1.75. The number of fused-ring (bicyclic) bond motifs is 1. The normalized spacial score (nSPS) is 12.2. The van der Waals surface area contributed by atoms with Crippen molar-refractivity contribution in [3.8, 4) is 5.75 Å². The second-order valence-corrected chi connectivity index (χ2v) is 7.26. The molecule has 0 saturated carbocycles. The molecule has 0 aliphatic heterocycles. The van der Waals surface area contributed by atoms with E-state index in [0.717, 1.165) is 34.3 Å². The zero-order valence-electron chi connectivity index (χ0n) is 15.8. The highest BCUT2D eigenvalue weighted by atomic mass is 19.4. The van der Waals surface area contributed by atoms with Crippen molar-refractivity contribution in [1.29, 1.82) is 0 Å². The second kappa shape index (κ2) is 7.22. The van der Waals surface area contributed by atoms with Crippen molar-refractivity contribution in [2.45, 2.75) is 25.4 Å². The van der Waals surface area contributed by atoms with Crippen molar-refractivity contribution in [3.05, 3.63) is 65.4 Å². The zero-order valence-corrected chi connectivity index (χ0v) is 15.8. The zero-order chi connectivity index (χ0) is 20.5. The van der Waals surface area contributed by atoms with Gasteiger partial charge in [-0.25, -0.2) is 0 Å². The fourth-order valence-corrected chi connectivity index (χ4v) is 3.10. The Hall–Kier alpha value is -2.96. The predicted octanol–water partition coefficient (Wildman–Crippen LogP) is 4.90. The topological polar surface area (TPSA) is 54.1 Å². The average molecular weight is 390 g/mol. The first-order valence-corrected chi connectivity index (χ1v) is 8.73. The highest BCUT2D eigenvalue weighted by molar-refractivity contribution is 5.94. The van der Waals surface area contributed by atoms with E-state index in [1.807, 2.05) is 38.2 Å². The molecule has 0 aliphatic rings.